The Balaban J connectivity index is 1.75. The zero-order valence-electron chi connectivity index (χ0n) is 18.0. The molecule has 5 heteroatoms. The predicted octanol–water partition coefficient (Wildman–Crippen LogP) is 5.75. The van der Waals surface area contributed by atoms with E-state index >= 15 is 0 Å². The second-order valence-electron chi connectivity index (χ2n) is 7.85. The molecule has 0 amide bonds. The molecule has 0 aliphatic rings. The highest BCUT2D eigenvalue weighted by molar-refractivity contribution is 5.86. The molecule has 0 bridgehead atoms. The molecule has 2 aromatic carbocycles. The van der Waals surface area contributed by atoms with Gasteiger partial charge in [-0.25, -0.2) is 9.78 Å². The predicted molar refractivity (Wildman–Crippen MR) is 124 cm³/mol. The Hall–Kier alpha value is -3.08. The van der Waals surface area contributed by atoms with Crippen LogP contribution in [0.3, 0.4) is 0 Å². The van der Waals surface area contributed by atoms with Crippen LogP contribution < -0.4 is 10.5 Å². The number of benzene rings is 2. The van der Waals surface area contributed by atoms with Crippen molar-refractivity contribution in [2.75, 3.05) is 18.0 Å². The number of hydrogen-bond donors (Lipinski definition) is 0. The smallest absolute Gasteiger partial charge is 0.347 e. The molecule has 2 heterocycles. The fourth-order valence-corrected chi connectivity index (χ4v) is 3.91. The Morgan fingerprint density at radius 3 is 2.43 bits per heavy atom. The summed E-state index contributed by atoms with van der Waals surface area (Å²) in [5.41, 5.74) is 3.73. The van der Waals surface area contributed by atoms with Crippen LogP contribution in [0.25, 0.3) is 33.4 Å². The van der Waals surface area contributed by atoms with E-state index in [9.17, 15) is 4.79 Å². The zero-order chi connectivity index (χ0) is 21.1. The Labute approximate surface area is 177 Å². The van der Waals surface area contributed by atoms with Crippen LogP contribution in [0.2, 0.25) is 0 Å². The van der Waals surface area contributed by atoms with Gasteiger partial charge in [0.15, 0.2) is 0 Å². The fourth-order valence-electron chi connectivity index (χ4n) is 3.91. The maximum atomic E-state index is 12.9. The van der Waals surface area contributed by atoms with Crippen LogP contribution >= 0.6 is 0 Å². The van der Waals surface area contributed by atoms with E-state index in [2.05, 4.69) is 29.8 Å². The summed E-state index contributed by atoms with van der Waals surface area (Å²) in [6.07, 6.45) is 4.62. The van der Waals surface area contributed by atoms with Gasteiger partial charge in [-0.15, -0.1) is 0 Å². The molecule has 4 aromatic rings. The highest BCUT2D eigenvalue weighted by Gasteiger charge is 2.16. The lowest BCUT2D eigenvalue weighted by Gasteiger charge is -2.24. The number of anilines is 1. The van der Waals surface area contributed by atoms with Crippen molar-refractivity contribution in [2.24, 2.45) is 7.05 Å². The Kier molecular flexibility index (Phi) is 5.88. The molecule has 0 spiro atoms. The number of para-hydroxylation sites is 2. The lowest BCUT2D eigenvalue weighted by molar-refractivity contribution is 0.562. The minimum Gasteiger partial charge on any atom is -0.422 e. The van der Waals surface area contributed by atoms with Crippen molar-refractivity contribution in [1.29, 1.82) is 0 Å². The van der Waals surface area contributed by atoms with E-state index < -0.39 is 0 Å². The molecule has 2 aromatic heterocycles. The van der Waals surface area contributed by atoms with Crippen molar-refractivity contribution in [3.63, 3.8) is 0 Å². The molecule has 5 nitrogen and oxygen atoms in total. The van der Waals surface area contributed by atoms with Crippen molar-refractivity contribution >= 4 is 27.7 Å². The van der Waals surface area contributed by atoms with Crippen molar-refractivity contribution in [2.45, 2.75) is 39.5 Å². The molecule has 0 aliphatic heterocycles. The van der Waals surface area contributed by atoms with Crippen molar-refractivity contribution < 1.29 is 4.42 Å². The number of rotatable bonds is 8. The number of aromatic nitrogens is 2. The van der Waals surface area contributed by atoms with Gasteiger partial charge in [0.2, 0.25) is 0 Å². The van der Waals surface area contributed by atoms with Crippen molar-refractivity contribution in [1.82, 2.24) is 9.55 Å². The highest BCUT2D eigenvalue weighted by Crippen LogP contribution is 2.27. The minimum atomic E-state index is -0.355. The van der Waals surface area contributed by atoms with Crippen LogP contribution in [-0.2, 0) is 7.05 Å². The molecule has 0 unspecified atom stereocenters. The van der Waals surface area contributed by atoms with E-state index in [4.69, 9.17) is 4.42 Å². The van der Waals surface area contributed by atoms with Crippen molar-refractivity contribution in [3.05, 3.63) is 59.0 Å². The number of imidazole rings is 1. The van der Waals surface area contributed by atoms with Crippen LogP contribution in [-0.4, -0.2) is 22.6 Å². The van der Waals surface area contributed by atoms with E-state index in [0.29, 0.717) is 17.0 Å². The average molecular weight is 404 g/mol. The summed E-state index contributed by atoms with van der Waals surface area (Å²) in [6.45, 7) is 6.45. The molecule has 0 aliphatic carbocycles. The monoisotopic (exact) mass is 403 g/mol. The summed E-state index contributed by atoms with van der Waals surface area (Å²) in [6, 6.07) is 16.0. The molecule has 0 saturated heterocycles. The van der Waals surface area contributed by atoms with Crippen LogP contribution in [0, 0.1) is 0 Å². The van der Waals surface area contributed by atoms with Gasteiger partial charge in [-0.05, 0) is 43.2 Å². The zero-order valence-corrected chi connectivity index (χ0v) is 18.0. The Morgan fingerprint density at radius 2 is 1.73 bits per heavy atom. The standard InChI is InChI=1S/C25H29N3O2/c1-4-6-14-28(15-7-5-2)19-13-12-18-16-20(25(29)30-23(18)17-19)24-26-21-10-8-9-11-22(21)27(24)3/h8-13,16-17H,4-7,14-15H2,1-3H3. The third-order valence-corrected chi connectivity index (χ3v) is 5.68. The Morgan fingerprint density at radius 1 is 1.00 bits per heavy atom. The summed E-state index contributed by atoms with van der Waals surface area (Å²) < 4.78 is 7.71. The van der Waals surface area contributed by atoms with Crippen LogP contribution in [0.1, 0.15) is 39.5 Å². The van der Waals surface area contributed by atoms with E-state index in [1.54, 1.807) is 0 Å². The molecule has 0 atom stereocenters. The first-order valence-electron chi connectivity index (χ1n) is 10.9. The number of aryl methyl sites for hydroxylation is 1. The van der Waals surface area contributed by atoms with Gasteiger partial charge in [0.25, 0.3) is 0 Å². The molecule has 0 radical (unpaired) electrons. The van der Waals surface area contributed by atoms with Crippen molar-refractivity contribution in [3.8, 4) is 11.4 Å². The minimum absolute atomic E-state index is 0.355. The van der Waals surface area contributed by atoms with Gasteiger partial charge in [0.05, 0.1) is 11.0 Å². The number of fused-ring (bicyclic) bond motifs is 2. The number of hydrogen-bond acceptors (Lipinski definition) is 4. The van der Waals surface area contributed by atoms with Gasteiger partial charge in [-0.1, -0.05) is 38.8 Å². The van der Waals surface area contributed by atoms with E-state index in [1.807, 2.05) is 54.1 Å². The third-order valence-electron chi connectivity index (χ3n) is 5.68. The van der Waals surface area contributed by atoms with Crippen LogP contribution in [0.5, 0.6) is 0 Å². The lowest BCUT2D eigenvalue weighted by Crippen LogP contribution is -2.25. The SMILES string of the molecule is CCCCN(CCCC)c1ccc2cc(-c3nc4ccccc4n3C)c(=O)oc2c1. The van der Waals surface area contributed by atoms with Gasteiger partial charge >= 0.3 is 5.63 Å². The quantitative estimate of drug-likeness (QED) is 0.351. The van der Waals surface area contributed by atoms with Gasteiger partial charge in [0, 0.05) is 37.3 Å². The molecule has 4 rings (SSSR count). The van der Waals surface area contributed by atoms with Crippen LogP contribution in [0.15, 0.2) is 57.7 Å². The summed E-state index contributed by atoms with van der Waals surface area (Å²) in [5.74, 6) is 0.628. The molecule has 0 fully saturated rings. The summed E-state index contributed by atoms with van der Waals surface area (Å²) >= 11 is 0. The van der Waals surface area contributed by atoms with E-state index in [1.165, 1.54) is 0 Å². The van der Waals surface area contributed by atoms with E-state index in [0.717, 1.165) is 60.9 Å². The number of nitrogens with zero attached hydrogens (tertiary/aromatic N) is 3. The second kappa shape index (κ2) is 8.74. The second-order valence-corrected chi connectivity index (χ2v) is 7.85. The maximum absolute atomic E-state index is 12.9. The summed E-state index contributed by atoms with van der Waals surface area (Å²) in [7, 11) is 1.93. The topological polar surface area (TPSA) is 51.3 Å². The molecule has 0 N–H and O–H groups in total. The molecule has 156 valence electrons. The van der Waals surface area contributed by atoms with Gasteiger partial charge in [0.1, 0.15) is 17.0 Å². The number of unbranched alkanes of at least 4 members (excludes halogenated alkanes) is 2. The van der Waals surface area contributed by atoms with E-state index in [-0.39, 0.29) is 5.63 Å². The highest BCUT2D eigenvalue weighted by atomic mass is 16.4. The summed E-state index contributed by atoms with van der Waals surface area (Å²) in [4.78, 5) is 19.9. The maximum Gasteiger partial charge on any atom is 0.347 e. The summed E-state index contributed by atoms with van der Waals surface area (Å²) in [5, 5.41) is 0.909. The fraction of sp³-hybridized carbons (Fsp3) is 0.360. The molecule has 0 saturated carbocycles. The lowest BCUT2D eigenvalue weighted by atomic mass is 10.1. The molecule has 30 heavy (non-hydrogen) atoms. The first kappa shape index (κ1) is 20.2. The van der Waals surface area contributed by atoms with Gasteiger partial charge in [-0.3, -0.25) is 0 Å². The normalized spacial score (nSPS) is 11.4. The van der Waals surface area contributed by atoms with Crippen LogP contribution in [0.4, 0.5) is 5.69 Å². The third kappa shape index (κ3) is 3.84. The largest absolute Gasteiger partial charge is 0.422 e. The van der Waals surface area contributed by atoms with Gasteiger partial charge in [-0.2, -0.15) is 0 Å². The molecular weight excluding hydrogens is 374 g/mol. The first-order chi connectivity index (χ1) is 14.6. The molecular formula is C25H29N3O2. The average Bonchev–Trinajstić information content (AvgIpc) is 3.09. The van der Waals surface area contributed by atoms with Gasteiger partial charge < -0.3 is 13.9 Å². The first-order valence-corrected chi connectivity index (χ1v) is 10.9. The Bertz CT molecular complexity index is 1210.